The van der Waals surface area contributed by atoms with E-state index in [1.54, 1.807) is 7.11 Å². The quantitative estimate of drug-likeness (QED) is 0.794. The Kier molecular flexibility index (Phi) is 6.80. The Hall–Kier alpha value is -0.770. The van der Waals surface area contributed by atoms with Crippen LogP contribution in [-0.2, 0) is 11.2 Å². The van der Waals surface area contributed by atoms with Crippen molar-refractivity contribution in [2.45, 2.75) is 51.7 Å². The lowest BCUT2D eigenvalue weighted by molar-refractivity contribution is 0.00546. The number of halogens is 1. The van der Waals surface area contributed by atoms with Gasteiger partial charge in [-0.1, -0.05) is 24.6 Å². The largest absolute Gasteiger partial charge is 0.492 e. The fourth-order valence-corrected chi connectivity index (χ4v) is 2.00. The van der Waals surface area contributed by atoms with E-state index in [9.17, 15) is 0 Å². The molecule has 1 unspecified atom stereocenters. The molecule has 1 aromatic rings. The lowest BCUT2D eigenvalue weighted by Gasteiger charge is -2.22. The van der Waals surface area contributed by atoms with E-state index in [1.807, 2.05) is 32.0 Å². The zero-order valence-corrected chi connectivity index (χ0v) is 13.7. The number of hydrogen-bond donors (Lipinski definition) is 1. The van der Waals surface area contributed by atoms with Crippen molar-refractivity contribution >= 4 is 11.6 Å². The molecule has 0 radical (unpaired) electrons. The summed E-state index contributed by atoms with van der Waals surface area (Å²) in [4.78, 5) is 0. The Morgan fingerprint density at radius 3 is 2.60 bits per heavy atom. The van der Waals surface area contributed by atoms with Crippen LogP contribution < -0.4 is 10.5 Å². The van der Waals surface area contributed by atoms with Gasteiger partial charge in [-0.2, -0.15) is 0 Å². The highest BCUT2D eigenvalue weighted by molar-refractivity contribution is 6.32. The number of hydrogen-bond acceptors (Lipinski definition) is 3. The smallest absolute Gasteiger partial charge is 0.137 e. The molecule has 0 aliphatic heterocycles. The van der Waals surface area contributed by atoms with Gasteiger partial charge in [0.2, 0.25) is 0 Å². The second kappa shape index (κ2) is 7.87. The van der Waals surface area contributed by atoms with Crippen LogP contribution in [0.3, 0.4) is 0 Å². The van der Waals surface area contributed by atoms with Crippen molar-refractivity contribution in [1.82, 2.24) is 0 Å². The summed E-state index contributed by atoms with van der Waals surface area (Å²) < 4.78 is 11.1. The summed E-state index contributed by atoms with van der Waals surface area (Å²) in [7, 11) is 1.71. The minimum Gasteiger partial charge on any atom is -0.492 e. The maximum absolute atomic E-state index is 6.24. The fraction of sp³-hybridized carbons (Fsp3) is 0.625. The summed E-state index contributed by atoms with van der Waals surface area (Å²) in [5, 5.41) is 0.640. The van der Waals surface area contributed by atoms with Crippen molar-refractivity contribution in [2.24, 2.45) is 5.73 Å². The topological polar surface area (TPSA) is 44.5 Å². The van der Waals surface area contributed by atoms with Gasteiger partial charge in [0.15, 0.2) is 0 Å². The number of ether oxygens (including phenoxy) is 2. The molecule has 0 aliphatic carbocycles. The van der Waals surface area contributed by atoms with E-state index in [1.165, 1.54) is 0 Å². The van der Waals surface area contributed by atoms with Gasteiger partial charge in [-0.3, -0.25) is 0 Å². The van der Waals surface area contributed by atoms with Crippen LogP contribution in [0.5, 0.6) is 5.75 Å². The number of rotatable bonds is 8. The standard InChI is InChI=1S/C16H26ClNO2/c1-5-13(18)10-12-6-7-15(14(17)11-12)20-9-8-16(2,3)19-4/h6-7,11,13H,5,8-10,18H2,1-4H3. The SMILES string of the molecule is CCC(N)Cc1ccc(OCCC(C)(C)OC)c(Cl)c1. The molecule has 1 aromatic carbocycles. The molecule has 0 aliphatic rings. The maximum Gasteiger partial charge on any atom is 0.137 e. The molecule has 2 N–H and O–H groups in total. The van der Waals surface area contributed by atoms with Crippen molar-refractivity contribution < 1.29 is 9.47 Å². The highest BCUT2D eigenvalue weighted by atomic mass is 35.5. The third-order valence-corrected chi connectivity index (χ3v) is 3.83. The van der Waals surface area contributed by atoms with E-state index < -0.39 is 0 Å². The van der Waals surface area contributed by atoms with Gasteiger partial charge < -0.3 is 15.2 Å². The van der Waals surface area contributed by atoms with Gasteiger partial charge in [-0.05, 0) is 44.4 Å². The number of nitrogens with two attached hydrogens (primary N) is 1. The van der Waals surface area contributed by atoms with Crippen LogP contribution in [0.4, 0.5) is 0 Å². The molecule has 114 valence electrons. The molecule has 0 spiro atoms. The van der Waals surface area contributed by atoms with E-state index >= 15 is 0 Å². The van der Waals surface area contributed by atoms with E-state index in [-0.39, 0.29) is 11.6 Å². The van der Waals surface area contributed by atoms with Crippen LogP contribution in [0.25, 0.3) is 0 Å². The zero-order chi connectivity index (χ0) is 15.2. The normalized spacial score (nSPS) is 13.3. The third-order valence-electron chi connectivity index (χ3n) is 3.53. The molecule has 4 heteroatoms. The third kappa shape index (κ3) is 5.70. The molecule has 0 fully saturated rings. The maximum atomic E-state index is 6.24. The Balaban J connectivity index is 2.56. The second-order valence-corrected chi connectivity index (χ2v) is 6.11. The highest BCUT2D eigenvalue weighted by Crippen LogP contribution is 2.27. The van der Waals surface area contributed by atoms with Crippen LogP contribution in [0, 0.1) is 0 Å². The molecule has 0 heterocycles. The van der Waals surface area contributed by atoms with Crippen LogP contribution in [0.15, 0.2) is 18.2 Å². The average molecular weight is 300 g/mol. The lowest BCUT2D eigenvalue weighted by atomic mass is 10.0. The van der Waals surface area contributed by atoms with Crippen LogP contribution in [-0.4, -0.2) is 25.4 Å². The Labute approximate surface area is 127 Å². The molecule has 1 atom stereocenters. The van der Waals surface area contributed by atoms with E-state index in [0.717, 1.165) is 24.8 Å². The van der Waals surface area contributed by atoms with Gasteiger partial charge in [-0.15, -0.1) is 0 Å². The second-order valence-electron chi connectivity index (χ2n) is 5.70. The van der Waals surface area contributed by atoms with Crippen molar-refractivity contribution in [3.8, 4) is 5.75 Å². The van der Waals surface area contributed by atoms with E-state index in [0.29, 0.717) is 17.4 Å². The van der Waals surface area contributed by atoms with Gasteiger partial charge >= 0.3 is 0 Å². The monoisotopic (exact) mass is 299 g/mol. The first-order valence-electron chi connectivity index (χ1n) is 7.10. The van der Waals surface area contributed by atoms with Gasteiger partial charge in [0.05, 0.1) is 17.2 Å². The Morgan fingerprint density at radius 1 is 1.35 bits per heavy atom. The summed E-state index contributed by atoms with van der Waals surface area (Å²) in [6.45, 7) is 6.73. The average Bonchev–Trinajstić information content (AvgIpc) is 2.41. The summed E-state index contributed by atoms with van der Waals surface area (Å²) in [5.41, 5.74) is 6.92. The fourth-order valence-electron chi connectivity index (χ4n) is 1.74. The zero-order valence-electron chi connectivity index (χ0n) is 12.9. The molecule has 0 aromatic heterocycles. The summed E-state index contributed by atoms with van der Waals surface area (Å²) in [5.74, 6) is 0.715. The first-order valence-corrected chi connectivity index (χ1v) is 7.47. The first kappa shape index (κ1) is 17.3. The van der Waals surface area contributed by atoms with E-state index in [4.69, 9.17) is 26.8 Å². The number of benzene rings is 1. The van der Waals surface area contributed by atoms with Crippen molar-refractivity contribution in [3.63, 3.8) is 0 Å². The minimum atomic E-state index is -0.180. The van der Waals surface area contributed by atoms with Crippen molar-refractivity contribution in [1.29, 1.82) is 0 Å². The van der Waals surface area contributed by atoms with Crippen LogP contribution in [0.1, 0.15) is 39.2 Å². The molecular formula is C16H26ClNO2. The van der Waals surface area contributed by atoms with Gasteiger partial charge in [-0.25, -0.2) is 0 Å². The molecule has 0 amide bonds. The minimum absolute atomic E-state index is 0.180. The lowest BCUT2D eigenvalue weighted by Crippen LogP contribution is -2.25. The van der Waals surface area contributed by atoms with Crippen molar-refractivity contribution in [3.05, 3.63) is 28.8 Å². The number of methoxy groups -OCH3 is 1. The van der Waals surface area contributed by atoms with E-state index in [2.05, 4.69) is 6.92 Å². The van der Waals surface area contributed by atoms with Crippen LogP contribution >= 0.6 is 11.6 Å². The first-order chi connectivity index (χ1) is 9.38. The molecule has 20 heavy (non-hydrogen) atoms. The summed E-state index contributed by atoms with van der Waals surface area (Å²) in [6.07, 6.45) is 2.61. The predicted octanol–water partition coefficient (Wildman–Crippen LogP) is 3.81. The van der Waals surface area contributed by atoms with Gasteiger partial charge in [0, 0.05) is 19.6 Å². The predicted molar refractivity (Wildman–Crippen MR) is 84.6 cm³/mol. The van der Waals surface area contributed by atoms with Crippen molar-refractivity contribution in [2.75, 3.05) is 13.7 Å². The molecule has 0 saturated heterocycles. The molecule has 1 rings (SSSR count). The molecule has 0 bridgehead atoms. The molecular weight excluding hydrogens is 274 g/mol. The Morgan fingerprint density at radius 2 is 2.05 bits per heavy atom. The molecule has 3 nitrogen and oxygen atoms in total. The highest BCUT2D eigenvalue weighted by Gasteiger charge is 2.16. The summed E-state index contributed by atoms with van der Waals surface area (Å²) >= 11 is 6.24. The van der Waals surface area contributed by atoms with Crippen LogP contribution in [0.2, 0.25) is 5.02 Å². The summed E-state index contributed by atoms with van der Waals surface area (Å²) in [6, 6.07) is 6.06. The van der Waals surface area contributed by atoms with Gasteiger partial charge in [0.1, 0.15) is 5.75 Å². The Bertz CT molecular complexity index is 421. The molecule has 0 saturated carbocycles. The van der Waals surface area contributed by atoms with Gasteiger partial charge in [0.25, 0.3) is 0 Å².